The van der Waals surface area contributed by atoms with Gasteiger partial charge in [-0.15, -0.1) is 11.3 Å². The average Bonchev–Trinajstić information content (AvgIpc) is 2.95. The number of alkyl halides is 3. The van der Waals surface area contributed by atoms with Gasteiger partial charge < -0.3 is 4.90 Å². The van der Waals surface area contributed by atoms with Gasteiger partial charge >= 0.3 is 6.18 Å². The molecule has 0 unspecified atom stereocenters. The van der Waals surface area contributed by atoms with Gasteiger partial charge in [-0.2, -0.15) is 13.2 Å². The number of halogens is 3. The van der Waals surface area contributed by atoms with Gasteiger partial charge in [0.05, 0.1) is 5.51 Å². The lowest BCUT2D eigenvalue weighted by Crippen LogP contribution is -2.44. The SMILES string of the molecule is O=C(c1cscn1)N(CC(F)(F)F)C1CCCC1. The minimum atomic E-state index is -4.37. The van der Waals surface area contributed by atoms with Gasteiger partial charge in [-0.3, -0.25) is 4.79 Å². The molecule has 1 aliphatic rings. The molecule has 0 N–H and O–H groups in total. The maximum Gasteiger partial charge on any atom is 0.406 e. The molecule has 0 atom stereocenters. The molecule has 100 valence electrons. The molecule has 0 radical (unpaired) electrons. The Morgan fingerprint density at radius 3 is 2.61 bits per heavy atom. The molecule has 0 bridgehead atoms. The summed E-state index contributed by atoms with van der Waals surface area (Å²) in [6.45, 7) is -1.19. The number of carbonyl (C=O) groups excluding carboxylic acids is 1. The van der Waals surface area contributed by atoms with Crippen LogP contribution in [0.2, 0.25) is 0 Å². The third-order valence-corrected chi connectivity index (χ3v) is 3.61. The summed E-state index contributed by atoms with van der Waals surface area (Å²) in [6, 6.07) is -0.305. The van der Waals surface area contributed by atoms with Gasteiger partial charge in [-0.1, -0.05) is 12.8 Å². The fourth-order valence-electron chi connectivity index (χ4n) is 2.24. The van der Waals surface area contributed by atoms with Gasteiger partial charge in [0.2, 0.25) is 0 Å². The smallest absolute Gasteiger partial charge is 0.325 e. The summed E-state index contributed by atoms with van der Waals surface area (Å²) >= 11 is 1.21. The summed E-state index contributed by atoms with van der Waals surface area (Å²) in [5.41, 5.74) is 1.56. The van der Waals surface area contributed by atoms with E-state index in [1.165, 1.54) is 22.2 Å². The van der Waals surface area contributed by atoms with E-state index >= 15 is 0 Å². The second-order valence-electron chi connectivity index (χ2n) is 4.36. The van der Waals surface area contributed by atoms with E-state index < -0.39 is 18.6 Å². The lowest BCUT2D eigenvalue weighted by atomic mass is 10.2. The standard InChI is InChI=1S/C11H13F3N2OS/c12-11(13,14)6-16(8-3-1-2-4-8)10(17)9-5-18-7-15-9/h5,7-8H,1-4,6H2. The summed E-state index contributed by atoms with van der Waals surface area (Å²) in [6.07, 6.45) is -1.32. The molecule has 1 heterocycles. The number of nitrogens with zero attached hydrogens (tertiary/aromatic N) is 2. The quantitative estimate of drug-likeness (QED) is 0.851. The zero-order valence-corrected chi connectivity index (χ0v) is 10.4. The molecule has 2 rings (SSSR count). The second-order valence-corrected chi connectivity index (χ2v) is 5.08. The monoisotopic (exact) mass is 278 g/mol. The number of hydrogen-bond donors (Lipinski definition) is 0. The van der Waals surface area contributed by atoms with Crippen LogP contribution in [0.1, 0.15) is 36.2 Å². The van der Waals surface area contributed by atoms with Crippen LogP contribution in [0.5, 0.6) is 0 Å². The van der Waals surface area contributed by atoms with Crippen molar-refractivity contribution >= 4 is 17.2 Å². The van der Waals surface area contributed by atoms with E-state index in [4.69, 9.17) is 0 Å². The van der Waals surface area contributed by atoms with Crippen molar-refractivity contribution in [3.8, 4) is 0 Å². The highest BCUT2D eigenvalue weighted by molar-refractivity contribution is 7.07. The van der Waals surface area contributed by atoms with Crippen molar-refractivity contribution in [1.29, 1.82) is 0 Å². The van der Waals surface area contributed by atoms with Crippen molar-refractivity contribution in [2.45, 2.75) is 37.9 Å². The van der Waals surface area contributed by atoms with Crippen LogP contribution in [-0.4, -0.2) is 34.6 Å². The number of aromatic nitrogens is 1. The summed E-state index contributed by atoms with van der Waals surface area (Å²) in [7, 11) is 0. The molecule has 1 saturated carbocycles. The Labute approximate surface area is 107 Å². The van der Waals surface area contributed by atoms with E-state index in [0.717, 1.165) is 17.7 Å². The third-order valence-electron chi connectivity index (χ3n) is 3.03. The van der Waals surface area contributed by atoms with Gasteiger partial charge in [0.1, 0.15) is 12.2 Å². The minimum absolute atomic E-state index is 0.108. The topological polar surface area (TPSA) is 33.2 Å². The summed E-state index contributed by atoms with van der Waals surface area (Å²) in [4.78, 5) is 16.8. The van der Waals surface area contributed by atoms with E-state index in [1.54, 1.807) is 0 Å². The van der Waals surface area contributed by atoms with Crippen LogP contribution < -0.4 is 0 Å². The Kier molecular flexibility index (Phi) is 3.89. The predicted octanol–water partition coefficient (Wildman–Crippen LogP) is 3.09. The van der Waals surface area contributed by atoms with Crippen molar-refractivity contribution in [3.05, 3.63) is 16.6 Å². The molecule has 3 nitrogen and oxygen atoms in total. The van der Waals surface area contributed by atoms with Crippen molar-refractivity contribution in [1.82, 2.24) is 9.88 Å². The van der Waals surface area contributed by atoms with E-state index in [-0.39, 0.29) is 11.7 Å². The number of thiazole rings is 1. The van der Waals surface area contributed by atoms with Crippen molar-refractivity contribution in [3.63, 3.8) is 0 Å². The fourth-order valence-corrected chi connectivity index (χ4v) is 2.77. The summed E-state index contributed by atoms with van der Waals surface area (Å²) in [5, 5.41) is 1.49. The van der Waals surface area contributed by atoms with E-state index in [9.17, 15) is 18.0 Å². The van der Waals surface area contributed by atoms with Gasteiger partial charge in [0.15, 0.2) is 0 Å². The molecule has 1 fully saturated rings. The van der Waals surface area contributed by atoms with E-state index in [0.29, 0.717) is 12.8 Å². The van der Waals surface area contributed by atoms with Gasteiger partial charge in [-0.25, -0.2) is 4.98 Å². The third kappa shape index (κ3) is 3.22. The zero-order chi connectivity index (χ0) is 13.2. The molecule has 1 amide bonds. The molecule has 0 aliphatic heterocycles. The van der Waals surface area contributed by atoms with Gasteiger partial charge in [-0.05, 0) is 12.8 Å². The molecule has 0 saturated heterocycles. The molecular formula is C11H13F3N2OS. The zero-order valence-electron chi connectivity index (χ0n) is 9.61. The van der Waals surface area contributed by atoms with Crippen molar-refractivity contribution in [2.75, 3.05) is 6.54 Å². The molecule has 18 heavy (non-hydrogen) atoms. The molecular weight excluding hydrogens is 265 g/mol. The summed E-state index contributed by atoms with van der Waals surface area (Å²) < 4.78 is 37.6. The Balaban J connectivity index is 2.16. The van der Waals surface area contributed by atoms with Gasteiger partial charge in [0, 0.05) is 11.4 Å². The first-order valence-electron chi connectivity index (χ1n) is 5.73. The predicted molar refractivity (Wildman–Crippen MR) is 61.5 cm³/mol. The first-order chi connectivity index (χ1) is 8.47. The number of rotatable bonds is 3. The normalized spacial score (nSPS) is 17.1. The maximum atomic E-state index is 12.5. The molecule has 7 heteroatoms. The number of amides is 1. The first-order valence-corrected chi connectivity index (χ1v) is 6.67. The highest BCUT2D eigenvalue weighted by atomic mass is 32.1. The van der Waals surface area contributed by atoms with Crippen LogP contribution in [0.4, 0.5) is 13.2 Å². The van der Waals surface area contributed by atoms with Crippen LogP contribution >= 0.6 is 11.3 Å². The average molecular weight is 278 g/mol. The number of carbonyl (C=O) groups is 1. The van der Waals surface area contributed by atoms with E-state index in [1.807, 2.05) is 0 Å². The van der Waals surface area contributed by atoms with Crippen LogP contribution in [0, 0.1) is 0 Å². The Bertz CT molecular complexity index is 399. The lowest BCUT2D eigenvalue weighted by Gasteiger charge is -2.29. The Hall–Kier alpha value is -1.11. The largest absolute Gasteiger partial charge is 0.406 e. The number of hydrogen-bond acceptors (Lipinski definition) is 3. The first kappa shape index (κ1) is 13.3. The van der Waals surface area contributed by atoms with Crippen LogP contribution in [0.15, 0.2) is 10.9 Å². The Morgan fingerprint density at radius 2 is 2.11 bits per heavy atom. The lowest BCUT2D eigenvalue weighted by molar-refractivity contribution is -0.144. The Morgan fingerprint density at radius 1 is 1.44 bits per heavy atom. The maximum absolute atomic E-state index is 12.5. The molecule has 1 aromatic heterocycles. The van der Waals surface area contributed by atoms with E-state index in [2.05, 4.69) is 4.98 Å². The van der Waals surface area contributed by atoms with Crippen LogP contribution in [-0.2, 0) is 0 Å². The highest BCUT2D eigenvalue weighted by Crippen LogP contribution is 2.28. The van der Waals surface area contributed by atoms with Crippen LogP contribution in [0.25, 0.3) is 0 Å². The van der Waals surface area contributed by atoms with Crippen molar-refractivity contribution in [2.24, 2.45) is 0 Å². The summed E-state index contributed by atoms with van der Waals surface area (Å²) in [5.74, 6) is -0.611. The van der Waals surface area contributed by atoms with Crippen LogP contribution in [0.3, 0.4) is 0 Å². The molecule has 1 aliphatic carbocycles. The fraction of sp³-hybridized carbons (Fsp3) is 0.636. The molecule has 0 spiro atoms. The second kappa shape index (κ2) is 5.26. The van der Waals surface area contributed by atoms with Gasteiger partial charge in [0.25, 0.3) is 5.91 Å². The van der Waals surface area contributed by atoms with Crippen molar-refractivity contribution < 1.29 is 18.0 Å². The highest BCUT2D eigenvalue weighted by Gasteiger charge is 2.38. The molecule has 0 aromatic carbocycles. The minimum Gasteiger partial charge on any atom is -0.325 e. The molecule has 1 aromatic rings.